The molecule has 0 saturated carbocycles. The molecule has 0 bridgehead atoms. The Labute approximate surface area is 129 Å². The Balaban J connectivity index is 2.05. The minimum absolute atomic E-state index is 0.239. The van der Waals surface area contributed by atoms with Gasteiger partial charge in [0.25, 0.3) is 0 Å². The van der Waals surface area contributed by atoms with Crippen molar-refractivity contribution in [2.45, 2.75) is 19.8 Å². The maximum absolute atomic E-state index is 9.44. The minimum atomic E-state index is 0.239. The van der Waals surface area contributed by atoms with Gasteiger partial charge in [-0.05, 0) is 60.5 Å². The fourth-order valence-electron chi connectivity index (χ4n) is 2.46. The first-order valence-corrected chi connectivity index (χ1v) is 7.34. The van der Waals surface area contributed by atoms with Crippen LogP contribution >= 0.6 is 0 Å². The molecule has 3 rings (SSSR count). The number of hydrogen-bond donors (Lipinski definition) is 2. The van der Waals surface area contributed by atoms with Crippen molar-refractivity contribution in [3.05, 3.63) is 60.3 Å². The highest BCUT2D eigenvalue weighted by Gasteiger charge is 2.11. The second-order valence-corrected chi connectivity index (χ2v) is 5.26. The van der Waals surface area contributed by atoms with Crippen LogP contribution in [0.15, 0.2) is 54.7 Å². The molecule has 0 fully saturated rings. The van der Waals surface area contributed by atoms with Crippen LogP contribution in [0.4, 0.5) is 0 Å². The summed E-state index contributed by atoms with van der Waals surface area (Å²) in [7, 11) is 0. The lowest BCUT2D eigenvalue weighted by Crippen LogP contribution is -1.94. The van der Waals surface area contributed by atoms with Crippen molar-refractivity contribution in [3.8, 4) is 28.4 Å². The first kappa shape index (κ1) is 14.2. The summed E-state index contributed by atoms with van der Waals surface area (Å²) in [6.07, 6.45) is 4.00. The lowest BCUT2D eigenvalue weighted by Gasteiger charge is -2.02. The Morgan fingerprint density at radius 2 is 1.50 bits per heavy atom. The predicted molar refractivity (Wildman–Crippen MR) is 86.3 cm³/mol. The van der Waals surface area contributed by atoms with E-state index in [2.05, 4.69) is 12.0 Å². The lowest BCUT2D eigenvalue weighted by molar-refractivity contribution is 0.475. The van der Waals surface area contributed by atoms with E-state index in [0.29, 0.717) is 0 Å². The SMILES string of the molecule is CCCc1cn(-c2ccc(O)cc2)nc1-c1ccc(O)cc1. The van der Waals surface area contributed by atoms with Crippen LogP contribution in [0.5, 0.6) is 11.5 Å². The number of aryl methyl sites for hydroxylation is 1. The molecule has 0 atom stereocenters. The van der Waals surface area contributed by atoms with Crippen molar-refractivity contribution < 1.29 is 10.2 Å². The van der Waals surface area contributed by atoms with E-state index >= 15 is 0 Å². The highest BCUT2D eigenvalue weighted by Crippen LogP contribution is 2.26. The summed E-state index contributed by atoms with van der Waals surface area (Å²) in [5.74, 6) is 0.488. The average molecular weight is 294 g/mol. The van der Waals surface area contributed by atoms with Crippen LogP contribution in [0, 0.1) is 0 Å². The molecule has 22 heavy (non-hydrogen) atoms. The van der Waals surface area contributed by atoms with Gasteiger partial charge >= 0.3 is 0 Å². The first-order valence-electron chi connectivity index (χ1n) is 7.34. The van der Waals surface area contributed by atoms with Crippen molar-refractivity contribution in [1.82, 2.24) is 9.78 Å². The van der Waals surface area contributed by atoms with Gasteiger partial charge in [0.1, 0.15) is 11.5 Å². The van der Waals surface area contributed by atoms with Gasteiger partial charge in [0.15, 0.2) is 0 Å². The monoisotopic (exact) mass is 294 g/mol. The molecule has 1 heterocycles. The molecule has 112 valence electrons. The van der Waals surface area contributed by atoms with Crippen LogP contribution in [0.25, 0.3) is 16.9 Å². The average Bonchev–Trinajstić information content (AvgIpc) is 2.93. The van der Waals surface area contributed by atoms with Crippen molar-refractivity contribution in [2.24, 2.45) is 0 Å². The molecule has 2 N–H and O–H groups in total. The van der Waals surface area contributed by atoms with Crippen LogP contribution < -0.4 is 0 Å². The van der Waals surface area contributed by atoms with E-state index in [1.807, 2.05) is 35.1 Å². The van der Waals surface area contributed by atoms with Crippen molar-refractivity contribution in [2.75, 3.05) is 0 Å². The van der Waals surface area contributed by atoms with Crippen LogP contribution in [-0.2, 0) is 6.42 Å². The summed E-state index contributed by atoms with van der Waals surface area (Å²) in [5.41, 5.74) is 3.98. The molecule has 0 saturated heterocycles. The second kappa shape index (κ2) is 5.93. The summed E-state index contributed by atoms with van der Waals surface area (Å²) >= 11 is 0. The number of phenols is 2. The molecule has 0 aliphatic rings. The maximum Gasteiger partial charge on any atom is 0.115 e. The largest absolute Gasteiger partial charge is 0.508 e. The fourth-order valence-corrected chi connectivity index (χ4v) is 2.46. The molecule has 0 aliphatic carbocycles. The number of nitrogens with zero attached hydrogens (tertiary/aromatic N) is 2. The summed E-state index contributed by atoms with van der Waals surface area (Å²) in [4.78, 5) is 0. The summed E-state index contributed by atoms with van der Waals surface area (Å²) < 4.78 is 1.83. The molecule has 0 radical (unpaired) electrons. The lowest BCUT2D eigenvalue weighted by atomic mass is 10.1. The fraction of sp³-hybridized carbons (Fsp3) is 0.167. The molecule has 4 nitrogen and oxygen atoms in total. The van der Waals surface area contributed by atoms with Crippen LogP contribution in [0.3, 0.4) is 0 Å². The molecule has 1 aromatic heterocycles. The first-order chi connectivity index (χ1) is 10.7. The van der Waals surface area contributed by atoms with Crippen molar-refractivity contribution in [3.63, 3.8) is 0 Å². The van der Waals surface area contributed by atoms with Crippen molar-refractivity contribution in [1.29, 1.82) is 0 Å². The van der Waals surface area contributed by atoms with E-state index in [-0.39, 0.29) is 11.5 Å². The highest BCUT2D eigenvalue weighted by atomic mass is 16.3. The number of aromatic nitrogens is 2. The molecule has 0 aliphatic heterocycles. The van der Waals surface area contributed by atoms with Crippen LogP contribution in [0.2, 0.25) is 0 Å². The third kappa shape index (κ3) is 2.81. The van der Waals surface area contributed by atoms with Crippen LogP contribution in [0.1, 0.15) is 18.9 Å². The van der Waals surface area contributed by atoms with E-state index in [4.69, 9.17) is 0 Å². The zero-order valence-electron chi connectivity index (χ0n) is 12.4. The third-order valence-electron chi connectivity index (χ3n) is 3.56. The smallest absolute Gasteiger partial charge is 0.115 e. The van der Waals surface area contributed by atoms with Gasteiger partial charge in [-0.2, -0.15) is 5.10 Å². The molecular weight excluding hydrogens is 276 g/mol. The minimum Gasteiger partial charge on any atom is -0.508 e. The summed E-state index contributed by atoms with van der Waals surface area (Å²) in [5, 5.41) is 23.5. The van der Waals surface area contributed by atoms with E-state index < -0.39 is 0 Å². The van der Waals surface area contributed by atoms with Gasteiger partial charge < -0.3 is 10.2 Å². The number of rotatable bonds is 4. The summed E-state index contributed by atoms with van der Waals surface area (Å²) in [6, 6.07) is 14.1. The van der Waals surface area contributed by atoms with Gasteiger partial charge in [0, 0.05) is 11.8 Å². The third-order valence-corrected chi connectivity index (χ3v) is 3.56. The quantitative estimate of drug-likeness (QED) is 0.767. The topological polar surface area (TPSA) is 58.3 Å². The Morgan fingerprint density at radius 3 is 2.09 bits per heavy atom. The molecule has 4 heteroatoms. The van der Waals surface area contributed by atoms with E-state index in [1.54, 1.807) is 24.3 Å². The van der Waals surface area contributed by atoms with E-state index in [9.17, 15) is 10.2 Å². The molecule has 3 aromatic rings. The van der Waals surface area contributed by atoms with E-state index in [0.717, 1.165) is 29.8 Å². The molecular formula is C18H18N2O2. The van der Waals surface area contributed by atoms with Crippen LogP contribution in [-0.4, -0.2) is 20.0 Å². The zero-order valence-corrected chi connectivity index (χ0v) is 12.4. The van der Waals surface area contributed by atoms with Crippen molar-refractivity contribution >= 4 is 0 Å². The molecule has 0 amide bonds. The van der Waals surface area contributed by atoms with Gasteiger partial charge in [-0.1, -0.05) is 13.3 Å². The Bertz CT molecular complexity index is 759. The highest BCUT2D eigenvalue weighted by molar-refractivity contribution is 5.64. The van der Waals surface area contributed by atoms with Gasteiger partial charge in [-0.15, -0.1) is 0 Å². The van der Waals surface area contributed by atoms with Gasteiger partial charge in [-0.25, -0.2) is 4.68 Å². The normalized spacial score (nSPS) is 10.8. The number of phenolic OH excluding ortho intramolecular Hbond substituents is 2. The van der Waals surface area contributed by atoms with Gasteiger partial charge in [0.05, 0.1) is 11.4 Å². The number of benzene rings is 2. The van der Waals surface area contributed by atoms with Gasteiger partial charge in [-0.3, -0.25) is 0 Å². The van der Waals surface area contributed by atoms with E-state index in [1.165, 1.54) is 5.56 Å². The van der Waals surface area contributed by atoms with Gasteiger partial charge in [0.2, 0.25) is 0 Å². The number of hydrogen-bond acceptors (Lipinski definition) is 3. The number of aromatic hydroxyl groups is 2. The molecule has 0 unspecified atom stereocenters. The predicted octanol–water partition coefficient (Wildman–Crippen LogP) is 3.90. The Kier molecular flexibility index (Phi) is 3.83. The zero-order chi connectivity index (χ0) is 15.5. The molecule has 2 aromatic carbocycles. The standard InChI is InChI=1S/C18H18N2O2/c1-2-3-14-12-20(15-6-10-17(22)11-7-15)19-18(14)13-4-8-16(21)9-5-13/h4-12,21-22H,2-3H2,1H3. The second-order valence-electron chi connectivity index (χ2n) is 5.26. The summed E-state index contributed by atoms with van der Waals surface area (Å²) in [6.45, 7) is 2.14. The Morgan fingerprint density at radius 1 is 0.909 bits per heavy atom. The Hall–Kier alpha value is -2.75. The molecule has 0 spiro atoms. The maximum atomic E-state index is 9.44.